The largest absolute Gasteiger partial charge is 0.481 e. The molecule has 0 saturated heterocycles. The third-order valence-corrected chi connectivity index (χ3v) is 8.48. The predicted octanol–water partition coefficient (Wildman–Crippen LogP) is 9.38. The van der Waals surface area contributed by atoms with Gasteiger partial charge < -0.3 is 14.7 Å². The highest BCUT2D eigenvalue weighted by Gasteiger charge is 2.51. The molecule has 0 radical (unpaired) electrons. The van der Waals surface area contributed by atoms with Crippen molar-refractivity contribution >= 4 is 11.7 Å². The van der Waals surface area contributed by atoms with E-state index in [4.69, 9.17) is 9.57 Å². The molecule has 49 heavy (non-hydrogen) atoms. The van der Waals surface area contributed by atoms with Crippen LogP contribution >= 0.6 is 0 Å². The number of pyridine rings is 1. The van der Waals surface area contributed by atoms with Crippen LogP contribution in [-0.4, -0.2) is 47.3 Å². The molecule has 260 valence electrons. The summed E-state index contributed by atoms with van der Waals surface area (Å²) in [6.07, 6.45) is -14.0. The number of carbonyl (C=O) groups is 1. The Bertz CT molecular complexity index is 1870. The van der Waals surface area contributed by atoms with Gasteiger partial charge in [0.05, 0.1) is 29.9 Å². The molecule has 2 unspecified atom stereocenters. The van der Waals surface area contributed by atoms with Crippen molar-refractivity contribution in [2.75, 3.05) is 7.11 Å². The van der Waals surface area contributed by atoms with Crippen LogP contribution in [0.1, 0.15) is 40.4 Å². The summed E-state index contributed by atoms with van der Waals surface area (Å²) in [4.78, 5) is 21.0. The number of oxime groups is 1. The third-order valence-electron chi connectivity index (χ3n) is 8.48. The van der Waals surface area contributed by atoms with E-state index in [2.05, 4.69) is 10.1 Å². The van der Waals surface area contributed by atoms with E-state index in [0.29, 0.717) is 28.8 Å². The summed E-state index contributed by atoms with van der Waals surface area (Å²) in [6.45, 7) is 2.51. The first kappa shape index (κ1) is 35.5. The normalized spacial score (nSPS) is 19.9. The van der Waals surface area contributed by atoms with E-state index in [9.17, 15) is 49.4 Å². The summed E-state index contributed by atoms with van der Waals surface area (Å²) in [7, 11) is 1.30. The summed E-state index contributed by atoms with van der Waals surface area (Å²) >= 11 is 0. The molecular formula is C34H27F9N2O4. The Balaban J connectivity index is 1.52. The second kappa shape index (κ2) is 12.9. The van der Waals surface area contributed by atoms with Crippen molar-refractivity contribution in [3.8, 4) is 28.1 Å². The predicted molar refractivity (Wildman–Crippen MR) is 160 cm³/mol. The maximum Gasteiger partial charge on any atom is 0.416 e. The molecule has 1 aromatic heterocycles. The fourth-order valence-corrected chi connectivity index (χ4v) is 6.01. The summed E-state index contributed by atoms with van der Waals surface area (Å²) < 4.78 is 129. The zero-order valence-electron chi connectivity index (χ0n) is 25.9. The number of methoxy groups -OCH3 is 1. The minimum absolute atomic E-state index is 0.0385. The van der Waals surface area contributed by atoms with Crippen LogP contribution in [-0.2, 0) is 17.4 Å². The smallest absolute Gasteiger partial charge is 0.416 e. The Hall–Kier alpha value is -4.82. The van der Waals surface area contributed by atoms with Crippen molar-refractivity contribution in [3.63, 3.8) is 0 Å². The van der Waals surface area contributed by atoms with Crippen LogP contribution < -0.4 is 4.74 Å². The van der Waals surface area contributed by atoms with Gasteiger partial charge >= 0.3 is 24.5 Å². The molecule has 0 fully saturated rings. The van der Waals surface area contributed by atoms with Gasteiger partial charge in [0.25, 0.3) is 0 Å². The van der Waals surface area contributed by atoms with Crippen molar-refractivity contribution < 1.29 is 59.0 Å². The number of aryl methyl sites for hydroxylation is 1. The molecule has 1 N–H and O–H groups in total. The Kier molecular flexibility index (Phi) is 9.34. The number of carboxylic acid groups (broad SMARTS) is 1. The van der Waals surface area contributed by atoms with E-state index < -0.39 is 59.1 Å². The molecule has 15 heteroatoms. The van der Waals surface area contributed by atoms with Crippen LogP contribution in [0.4, 0.5) is 39.5 Å². The lowest BCUT2D eigenvalue weighted by atomic mass is 9.78. The number of hydrogen-bond donors (Lipinski definition) is 1. The lowest BCUT2D eigenvalue weighted by Gasteiger charge is -2.32. The van der Waals surface area contributed by atoms with E-state index in [1.807, 2.05) is 0 Å². The first-order valence-corrected chi connectivity index (χ1v) is 14.7. The number of halogens is 9. The highest BCUT2D eigenvalue weighted by Crippen LogP contribution is 2.47. The van der Waals surface area contributed by atoms with Gasteiger partial charge in [0, 0.05) is 41.7 Å². The van der Waals surface area contributed by atoms with E-state index in [0.717, 1.165) is 19.1 Å². The van der Waals surface area contributed by atoms with E-state index in [-0.39, 0.29) is 46.7 Å². The standard InChI is InChI=1S/C34H27F9N2O4/c1-16-8-18(31(46)47)4-6-24(16)21-11-26(30(48-3)44-15-21)25-7-5-22(32(35,36)37)9-19(25)10-23-14-29(49-45-23)20-12-27(33(38,39)40)17(2)28(13-20)34(41,42)43/h4-9,11-13,15,17,27,29H,10,14H2,1-3H3,(H,46,47)/t17?,27?,29-/m0/s1. The molecule has 0 amide bonds. The first-order valence-electron chi connectivity index (χ1n) is 14.7. The minimum Gasteiger partial charge on any atom is -0.481 e. The van der Waals surface area contributed by atoms with Crippen LogP contribution in [0.5, 0.6) is 5.88 Å². The van der Waals surface area contributed by atoms with Gasteiger partial charge in [-0.15, -0.1) is 0 Å². The fraction of sp³-hybridized carbons (Fsp3) is 0.324. The van der Waals surface area contributed by atoms with Gasteiger partial charge in [-0.1, -0.05) is 30.3 Å². The second-order valence-corrected chi connectivity index (χ2v) is 11.7. The number of aromatic carboxylic acids is 1. The average Bonchev–Trinajstić information content (AvgIpc) is 3.47. The van der Waals surface area contributed by atoms with Crippen molar-refractivity contribution in [2.45, 2.75) is 51.3 Å². The summed E-state index contributed by atoms with van der Waals surface area (Å²) in [5.41, 5.74) is -0.455. The maximum absolute atomic E-state index is 13.9. The molecule has 0 spiro atoms. The van der Waals surface area contributed by atoms with Crippen LogP contribution in [0.2, 0.25) is 0 Å². The molecule has 3 aromatic rings. The van der Waals surface area contributed by atoms with E-state index >= 15 is 0 Å². The van der Waals surface area contributed by atoms with E-state index in [1.165, 1.54) is 31.5 Å². The molecule has 3 atom stereocenters. The Morgan fingerprint density at radius 2 is 1.65 bits per heavy atom. The number of hydrogen-bond acceptors (Lipinski definition) is 5. The number of carboxylic acids is 1. The Morgan fingerprint density at radius 1 is 0.959 bits per heavy atom. The molecule has 5 rings (SSSR count). The lowest BCUT2D eigenvalue weighted by Crippen LogP contribution is -2.35. The number of alkyl halides is 9. The highest BCUT2D eigenvalue weighted by molar-refractivity contribution is 5.91. The van der Waals surface area contributed by atoms with Gasteiger partial charge in [0.2, 0.25) is 5.88 Å². The number of allylic oxidation sites excluding steroid dienone is 2. The van der Waals surface area contributed by atoms with Crippen LogP contribution in [0.15, 0.2) is 77.1 Å². The lowest BCUT2D eigenvalue weighted by molar-refractivity contribution is -0.177. The van der Waals surface area contributed by atoms with Gasteiger partial charge in [-0.05, 0) is 71.2 Å². The number of nitrogens with zero attached hydrogens (tertiary/aromatic N) is 2. The van der Waals surface area contributed by atoms with Crippen molar-refractivity contribution in [1.29, 1.82) is 0 Å². The van der Waals surface area contributed by atoms with Gasteiger partial charge in [0.15, 0.2) is 6.10 Å². The molecule has 2 aromatic carbocycles. The minimum atomic E-state index is -5.05. The number of ether oxygens (including phenoxy) is 1. The van der Waals surface area contributed by atoms with Crippen molar-refractivity contribution in [1.82, 2.24) is 4.98 Å². The van der Waals surface area contributed by atoms with Gasteiger partial charge in [0.1, 0.15) is 0 Å². The molecule has 0 saturated carbocycles. The zero-order valence-corrected chi connectivity index (χ0v) is 25.9. The number of aromatic nitrogens is 1. The van der Waals surface area contributed by atoms with Gasteiger partial charge in [-0.3, -0.25) is 0 Å². The SMILES string of the molecule is COc1ncc(-c2ccc(C(=O)O)cc2C)cc1-c1ccc(C(F)(F)F)cc1CC1=NO[C@H](C2=CC(C(F)(F)F)C(C)C(C(F)(F)F)=C2)C1. The third kappa shape index (κ3) is 7.44. The quantitative estimate of drug-likeness (QED) is 0.249. The molecule has 2 aliphatic rings. The molecule has 0 bridgehead atoms. The highest BCUT2D eigenvalue weighted by atomic mass is 19.4. The first-order chi connectivity index (χ1) is 22.8. The van der Waals surface area contributed by atoms with Crippen LogP contribution in [0.25, 0.3) is 22.3 Å². The molecule has 2 heterocycles. The van der Waals surface area contributed by atoms with Gasteiger partial charge in [-0.25, -0.2) is 9.78 Å². The summed E-state index contributed by atoms with van der Waals surface area (Å²) in [5.74, 6) is -5.44. The average molecular weight is 699 g/mol. The zero-order chi connectivity index (χ0) is 36.1. The second-order valence-electron chi connectivity index (χ2n) is 11.7. The molecule has 1 aliphatic heterocycles. The number of benzene rings is 2. The molecular weight excluding hydrogens is 671 g/mol. The molecule has 1 aliphatic carbocycles. The topological polar surface area (TPSA) is 81.0 Å². The Morgan fingerprint density at radius 3 is 2.24 bits per heavy atom. The van der Waals surface area contributed by atoms with Gasteiger partial charge in [-0.2, -0.15) is 39.5 Å². The number of rotatable bonds is 7. The fourth-order valence-electron chi connectivity index (χ4n) is 6.01. The monoisotopic (exact) mass is 698 g/mol. The van der Waals surface area contributed by atoms with E-state index in [1.54, 1.807) is 19.1 Å². The van der Waals surface area contributed by atoms with Crippen molar-refractivity contribution in [3.05, 3.63) is 94.2 Å². The van der Waals surface area contributed by atoms with Crippen molar-refractivity contribution in [2.24, 2.45) is 17.0 Å². The van der Waals surface area contributed by atoms with Crippen LogP contribution in [0, 0.1) is 18.8 Å². The summed E-state index contributed by atoms with van der Waals surface area (Å²) in [6, 6.07) is 8.92. The maximum atomic E-state index is 13.9. The molecule has 6 nitrogen and oxygen atoms in total. The summed E-state index contributed by atoms with van der Waals surface area (Å²) in [5, 5.41) is 13.2. The van der Waals surface area contributed by atoms with Crippen LogP contribution in [0.3, 0.4) is 0 Å². The Labute approximate surface area is 273 Å².